The Labute approximate surface area is 130 Å². The Kier molecular flexibility index (Phi) is 6.60. The van der Waals surface area contributed by atoms with Gasteiger partial charge in [-0.15, -0.1) is 12.4 Å². The standard InChI is InChI=1S/C13H19N3O3S.ClH/c14-20(18,19)12-5-1-3-10(7-12)9-16-13(17)8-11-4-2-6-15-11;/h1,3,5,7,11,15H,2,4,6,8-9H2,(H,16,17)(H2,14,18,19);1H. The Morgan fingerprint density at radius 2 is 2.19 bits per heavy atom. The number of carbonyl (C=O) groups excluding carboxylic acids is 1. The Morgan fingerprint density at radius 3 is 2.81 bits per heavy atom. The van der Waals surface area contributed by atoms with E-state index < -0.39 is 10.0 Å². The molecule has 1 amide bonds. The normalized spacial score (nSPS) is 18.0. The molecule has 1 aliphatic heterocycles. The third kappa shape index (κ3) is 5.62. The zero-order valence-corrected chi connectivity index (χ0v) is 13.2. The average molecular weight is 334 g/mol. The topological polar surface area (TPSA) is 101 Å². The summed E-state index contributed by atoms with van der Waals surface area (Å²) in [5, 5.41) is 11.1. The number of rotatable bonds is 5. The molecule has 1 aromatic carbocycles. The number of hydrogen-bond acceptors (Lipinski definition) is 4. The smallest absolute Gasteiger partial charge is 0.238 e. The molecule has 0 radical (unpaired) electrons. The lowest BCUT2D eigenvalue weighted by atomic mass is 10.1. The van der Waals surface area contributed by atoms with Crippen molar-refractivity contribution in [2.45, 2.75) is 36.7 Å². The fourth-order valence-corrected chi connectivity index (χ4v) is 2.84. The van der Waals surface area contributed by atoms with E-state index in [-0.39, 0.29) is 29.3 Å². The molecule has 0 aromatic heterocycles. The van der Waals surface area contributed by atoms with E-state index in [0.717, 1.165) is 19.4 Å². The first-order valence-electron chi connectivity index (χ1n) is 6.57. The number of sulfonamides is 1. The van der Waals surface area contributed by atoms with Gasteiger partial charge in [-0.25, -0.2) is 13.6 Å². The van der Waals surface area contributed by atoms with Crippen molar-refractivity contribution in [1.29, 1.82) is 0 Å². The molecular formula is C13H20ClN3O3S. The molecule has 6 nitrogen and oxygen atoms in total. The SMILES string of the molecule is Cl.NS(=O)(=O)c1cccc(CNC(=O)CC2CCCN2)c1. The van der Waals surface area contributed by atoms with Gasteiger partial charge < -0.3 is 10.6 Å². The molecule has 1 aromatic rings. The summed E-state index contributed by atoms with van der Waals surface area (Å²) in [6, 6.07) is 6.53. The van der Waals surface area contributed by atoms with Crippen molar-refractivity contribution in [3.8, 4) is 0 Å². The van der Waals surface area contributed by atoms with Crippen LogP contribution in [0.25, 0.3) is 0 Å². The average Bonchev–Trinajstić information content (AvgIpc) is 2.88. The maximum atomic E-state index is 11.8. The van der Waals surface area contributed by atoms with Gasteiger partial charge in [0.25, 0.3) is 0 Å². The van der Waals surface area contributed by atoms with Crippen molar-refractivity contribution in [2.24, 2.45) is 5.14 Å². The molecule has 1 aliphatic rings. The second kappa shape index (κ2) is 7.74. The molecule has 2 rings (SSSR count). The molecule has 1 heterocycles. The second-order valence-corrected chi connectivity index (χ2v) is 6.53. The van der Waals surface area contributed by atoms with Gasteiger partial charge in [0.05, 0.1) is 4.90 Å². The number of amides is 1. The number of nitrogens with one attached hydrogen (secondary N) is 2. The summed E-state index contributed by atoms with van der Waals surface area (Å²) in [4.78, 5) is 11.8. The van der Waals surface area contributed by atoms with Crippen LogP contribution in [0.2, 0.25) is 0 Å². The minimum atomic E-state index is -3.71. The van der Waals surface area contributed by atoms with E-state index in [1.807, 2.05) is 0 Å². The Bertz CT molecular complexity index is 586. The first-order valence-corrected chi connectivity index (χ1v) is 8.11. The van der Waals surface area contributed by atoms with E-state index in [0.29, 0.717) is 18.5 Å². The maximum Gasteiger partial charge on any atom is 0.238 e. The van der Waals surface area contributed by atoms with Gasteiger partial charge in [0.15, 0.2) is 0 Å². The van der Waals surface area contributed by atoms with E-state index in [4.69, 9.17) is 5.14 Å². The number of benzene rings is 1. The minimum absolute atomic E-state index is 0. The summed E-state index contributed by atoms with van der Waals surface area (Å²) in [7, 11) is -3.71. The van der Waals surface area contributed by atoms with Crippen LogP contribution >= 0.6 is 12.4 Å². The first kappa shape index (κ1) is 17.9. The predicted molar refractivity (Wildman–Crippen MR) is 82.6 cm³/mol. The number of primary sulfonamides is 1. The number of hydrogen-bond donors (Lipinski definition) is 3. The van der Waals surface area contributed by atoms with E-state index in [1.165, 1.54) is 12.1 Å². The summed E-state index contributed by atoms with van der Waals surface area (Å²) in [5.74, 6) is -0.0367. The monoisotopic (exact) mass is 333 g/mol. The fraction of sp³-hybridized carbons (Fsp3) is 0.462. The second-order valence-electron chi connectivity index (χ2n) is 4.97. The molecule has 1 saturated heterocycles. The van der Waals surface area contributed by atoms with Crippen molar-refractivity contribution in [2.75, 3.05) is 6.54 Å². The maximum absolute atomic E-state index is 11.8. The van der Waals surface area contributed by atoms with Gasteiger partial charge in [0.2, 0.25) is 15.9 Å². The summed E-state index contributed by atoms with van der Waals surface area (Å²) < 4.78 is 22.5. The molecule has 1 unspecified atom stereocenters. The van der Waals surface area contributed by atoms with Gasteiger partial charge in [0, 0.05) is 19.0 Å². The molecule has 118 valence electrons. The number of nitrogens with two attached hydrogens (primary N) is 1. The van der Waals surface area contributed by atoms with Gasteiger partial charge in [0.1, 0.15) is 0 Å². The molecule has 0 bridgehead atoms. The Balaban J connectivity index is 0.00000220. The Morgan fingerprint density at radius 1 is 1.43 bits per heavy atom. The van der Waals surface area contributed by atoms with Crippen LogP contribution in [-0.2, 0) is 21.4 Å². The third-order valence-corrected chi connectivity index (χ3v) is 4.22. The molecule has 4 N–H and O–H groups in total. The lowest BCUT2D eigenvalue weighted by Gasteiger charge is -2.10. The molecule has 0 saturated carbocycles. The molecule has 1 fully saturated rings. The van der Waals surface area contributed by atoms with Crippen LogP contribution in [0.1, 0.15) is 24.8 Å². The molecule has 0 aliphatic carbocycles. The summed E-state index contributed by atoms with van der Waals surface area (Å²) >= 11 is 0. The van der Waals surface area contributed by atoms with E-state index in [2.05, 4.69) is 10.6 Å². The van der Waals surface area contributed by atoms with Crippen molar-refractivity contribution < 1.29 is 13.2 Å². The highest BCUT2D eigenvalue weighted by Gasteiger charge is 2.17. The Hall–Kier alpha value is -1.15. The quantitative estimate of drug-likeness (QED) is 0.731. The van der Waals surface area contributed by atoms with Crippen LogP contribution in [0.15, 0.2) is 29.2 Å². The van der Waals surface area contributed by atoms with Crippen molar-refractivity contribution in [3.05, 3.63) is 29.8 Å². The summed E-state index contributed by atoms with van der Waals surface area (Å²) in [6.07, 6.45) is 2.58. The summed E-state index contributed by atoms with van der Waals surface area (Å²) in [5.41, 5.74) is 0.712. The zero-order valence-electron chi connectivity index (χ0n) is 11.5. The van der Waals surface area contributed by atoms with Crippen LogP contribution in [0, 0.1) is 0 Å². The molecule has 21 heavy (non-hydrogen) atoms. The van der Waals surface area contributed by atoms with Crippen LogP contribution in [0.4, 0.5) is 0 Å². The van der Waals surface area contributed by atoms with E-state index in [9.17, 15) is 13.2 Å². The number of halogens is 1. The van der Waals surface area contributed by atoms with Gasteiger partial charge in [-0.3, -0.25) is 4.79 Å². The fourth-order valence-electron chi connectivity index (χ4n) is 2.26. The predicted octanol–water partition coefficient (Wildman–Crippen LogP) is 0.514. The molecule has 1 atom stereocenters. The van der Waals surface area contributed by atoms with Crippen molar-refractivity contribution in [1.82, 2.24) is 10.6 Å². The molecular weight excluding hydrogens is 314 g/mol. The van der Waals surface area contributed by atoms with Gasteiger partial charge in [-0.2, -0.15) is 0 Å². The van der Waals surface area contributed by atoms with Crippen molar-refractivity contribution >= 4 is 28.3 Å². The minimum Gasteiger partial charge on any atom is -0.352 e. The van der Waals surface area contributed by atoms with Crippen LogP contribution in [0.3, 0.4) is 0 Å². The highest BCUT2D eigenvalue weighted by molar-refractivity contribution is 7.89. The van der Waals surface area contributed by atoms with Crippen LogP contribution < -0.4 is 15.8 Å². The molecule has 0 spiro atoms. The highest BCUT2D eigenvalue weighted by atomic mass is 35.5. The third-order valence-electron chi connectivity index (χ3n) is 3.31. The van der Waals surface area contributed by atoms with Gasteiger partial charge in [-0.1, -0.05) is 12.1 Å². The van der Waals surface area contributed by atoms with Gasteiger partial charge in [-0.05, 0) is 37.1 Å². The van der Waals surface area contributed by atoms with Gasteiger partial charge >= 0.3 is 0 Å². The van der Waals surface area contributed by atoms with E-state index >= 15 is 0 Å². The number of carbonyl (C=O) groups is 1. The first-order chi connectivity index (χ1) is 9.45. The van der Waals surface area contributed by atoms with Crippen LogP contribution in [-0.4, -0.2) is 26.9 Å². The van der Waals surface area contributed by atoms with Crippen molar-refractivity contribution in [3.63, 3.8) is 0 Å². The zero-order chi connectivity index (χ0) is 14.6. The largest absolute Gasteiger partial charge is 0.352 e. The van der Waals surface area contributed by atoms with E-state index in [1.54, 1.807) is 12.1 Å². The summed E-state index contributed by atoms with van der Waals surface area (Å²) in [6.45, 7) is 1.27. The van der Waals surface area contributed by atoms with Crippen LogP contribution in [0.5, 0.6) is 0 Å². The lowest BCUT2D eigenvalue weighted by molar-refractivity contribution is -0.121. The lowest BCUT2D eigenvalue weighted by Crippen LogP contribution is -2.31. The highest BCUT2D eigenvalue weighted by Crippen LogP contribution is 2.11. The molecule has 8 heteroatoms.